The lowest BCUT2D eigenvalue weighted by Gasteiger charge is -2.22. The molecule has 0 saturated heterocycles. The van der Waals surface area contributed by atoms with Crippen molar-refractivity contribution in [2.24, 2.45) is 5.41 Å². The van der Waals surface area contributed by atoms with Gasteiger partial charge in [0.05, 0.1) is 6.10 Å². The van der Waals surface area contributed by atoms with Gasteiger partial charge in [-0.15, -0.1) is 11.6 Å². The molecule has 2 N–H and O–H groups in total. The van der Waals surface area contributed by atoms with E-state index in [1.165, 1.54) is 0 Å². The number of halogens is 1. The summed E-state index contributed by atoms with van der Waals surface area (Å²) < 4.78 is 0. The molecule has 0 fully saturated rings. The van der Waals surface area contributed by atoms with Crippen LogP contribution in [0.1, 0.15) is 34.1 Å². The van der Waals surface area contributed by atoms with Crippen molar-refractivity contribution in [1.29, 1.82) is 0 Å². The lowest BCUT2D eigenvalue weighted by Crippen LogP contribution is -2.37. The third-order valence-corrected chi connectivity index (χ3v) is 1.92. The average molecular weight is 222 g/mol. The Morgan fingerprint density at radius 2 is 2.00 bits per heavy atom. The maximum Gasteiger partial charge on any atom is 0.237 e. The van der Waals surface area contributed by atoms with Gasteiger partial charge in [-0.2, -0.15) is 0 Å². The first-order valence-electron chi connectivity index (χ1n) is 4.82. The number of aliphatic hydroxyl groups is 1. The second-order valence-electron chi connectivity index (χ2n) is 4.78. The molecule has 0 aliphatic heterocycles. The van der Waals surface area contributed by atoms with Crippen LogP contribution in [0.3, 0.4) is 0 Å². The molecule has 0 aromatic heterocycles. The molecule has 2 unspecified atom stereocenters. The smallest absolute Gasteiger partial charge is 0.237 e. The molecule has 1 amide bonds. The van der Waals surface area contributed by atoms with Crippen molar-refractivity contribution in [3.05, 3.63) is 0 Å². The van der Waals surface area contributed by atoms with E-state index in [1.54, 1.807) is 6.92 Å². The van der Waals surface area contributed by atoms with Crippen LogP contribution < -0.4 is 5.32 Å². The number of aliphatic hydroxyl groups excluding tert-OH is 1. The minimum absolute atomic E-state index is 0.0662. The lowest BCUT2D eigenvalue weighted by molar-refractivity contribution is -0.121. The molecule has 0 aromatic carbocycles. The van der Waals surface area contributed by atoms with Gasteiger partial charge in [-0.1, -0.05) is 20.8 Å². The van der Waals surface area contributed by atoms with Crippen molar-refractivity contribution >= 4 is 17.5 Å². The highest BCUT2D eigenvalue weighted by Crippen LogP contribution is 2.20. The summed E-state index contributed by atoms with van der Waals surface area (Å²) in [5.41, 5.74) is 0.0662. The normalized spacial score (nSPS) is 16.1. The Hall–Kier alpha value is -0.280. The number of rotatable bonds is 4. The number of carbonyl (C=O) groups is 1. The Kier molecular flexibility index (Phi) is 5.45. The summed E-state index contributed by atoms with van der Waals surface area (Å²) in [5, 5.41) is 11.6. The summed E-state index contributed by atoms with van der Waals surface area (Å²) in [5.74, 6) is -0.236. The fraction of sp³-hybridized carbons (Fsp3) is 0.900. The molecule has 84 valence electrons. The summed E-state index contributed by atoms with van der Waals surface area (Å²) >= 11 is 5.55. The monoisotopic (exact) mass is 221 g/mol. The molecular weight excluding hydrogens is 202 g/mol. The van der Waals surface area contributed by atoms with Crippen LogP contribution in [0.5, 0.6) is 0 Å². The van der Waals surface area contributed by atoms with Crippen molar-refractivity contribution in [2.45, 2.75) is 45.6 Å². The van der Waals surface area contributed by atoms with Crippen LogP contribution >= 0.6 is 11.6 Å². The number of hydrogen-bond acceptors (Lipinski definition) is 2. The van der Waals surface area contributed by atoms with E-state index in [0.717, 1.165) is 0 Å². The zero-order chi connectivity index (χ0) is 11.4. The number of amides is 1. The molecule has 0 heterocycles. The predicted octanol–water partition coefficient (Wildman–Crippen LogP) is 1.53. The molecule has 0 aliphatic rings. The van der Waals surface area contributed by atoms with E-state index in [4.69, 9.17) is 11.6 Å². The Morgan fingerprint density at radius 3 is 2.36 bits per heavy atom. The zero-order valence-electron chi connectivity index (χ0n) is 9.30. The van der Waals surface area contributed by atoms with Crippen molar-refractivity contribution in [2.75, 3.05) is 6.54 Å². The lowest BCUT2D eigenvalue weighted by atomic mass is 9.89. The van der Waals surface area contributed by atoms with Gasteiger partial charge in [-0.25, -0.2) is 0 Å². The van der Waals surface area contributed by atoms with Crippen LogP contribution in [-0.2, 0) is 4.79 Å². The highest BCUT2D eigenvalue weighted by Gasteiger charge is 2.17. The van der Waals surface area contributed by atoms with E-state index in [2.05, 4.69) is 5.32 Å². The van der Waals surface area contributed by atoms with Gasteiger partial charge in [0, 0.05) is 6.54 Å². The van der Waals surface area contributed by atoms with Gasteiger partial charge in [0.25, 0.3) is 0 Å². The third-order valence-electron chi connectivity index (χ3n) is 1.72. The summed E-state index contributed by atoms with van der Waals surface area (Å²) in [6.07, 6.45) is 0.151. The fourth-order valence-corrected chi connectivity index (χ4v) is 1.22. The van der Waals surface area contributed by atoms with Crippen molar-refractivity contribution < 1.29 is 9.90 Å². The van der Waals surface area contributed by atoms with E-state index < -0.39 is 11.5 Å². The highest BCUT2D eigenvalue weighted by atomic mass is 35.5. The van der Waals surface area contributed by atoms with Crippen molar-refractivity contribution in [1.82, 2.24) is 5.32 Å². The molecule has 4 heteroatoms. The van der Waals surface area contributed by atoms with Gasteiger partial charge in [-0.3, -0.25) is 4.79 Å². The van der Waals surface area contributed by atoms with Crippen LogP contribution in [-0.4, -0.2) is 29.0 Å². The molecule has 0 bridgehead atoms. The van der Waals surface area contributed by atoms with Gasteiger partial charge < -0.3 is 10.4 Å². The number of carbonyl (C=O) groups excluding carboxylic acids is 1. The quantitative estimate of drug-likeness (QED) is 0.708. The molecule has 14 heavy (non-hydrogen) atoms. The predicted molar refractivity (Wildman–Crippen MR) is 58.4 cm³/mol. The molecular formula is C10H20ClNO2. The molecule has 0 spiro atoms. The second-order valence-corrected chi connectivity index (χ2v) is 5.43. The topological polar surface area (TPSA) is 49.3 Å². The van der Waals surface area contributed by atoms with Crippen LogP contribution in [0, 0.1) is 5.41 Å². The van der Waals surface area contributed by atoms with Gasteiger partial charge in [0.1, 0.15) is 5.38 Å². The van der Waals surface area contributed by atoms with Gasteiger partial charge in [0.2, 0.25) is 5.91 Å². The molecule has 2 atom stereocenters. The molecule has 3 nitrogen and oxygen atoms in total. The molecule has 0 aromatic rings. The second kappa shape index (κ2) is 5.56. The Balaban J connectivity index is 3.75. The Labute approximate surface area is 90.8 Å². The standard InChI is InChI=1S/C10H20ClNO2/c1-7(11)9(14)12-6-8(13)5-10(2,3)4/h7-8,13H,5-6H2,1-4H3,(H,12,14). The minimum atomic E-state index is -0.545. The molecule has 0 aliphatic carbocycles. The van der Waals surface area contributed by atoms with Crippen LogP contribution in [0.25, 0.3) is 0 Å². The van der Waals surface area contributed by atoms with Gasteiger partial charge in [-0.05, 0) is 18.8 Å². The van der Waals surface area contributed by atoms with E-state index in [9.17, 15) is 9.90 Å². The molecule has 0 rings (SSSR count). The maximum atomic E-state index is 11.1. The van der Waals surface area contributed by atoms with Gasteiger partial charge >= 0.3 is 0 Å². The van der Waals surface area contributed by atoms with Crippen molar-refractivity contribution in [3.8, 4) is 0 Å². The summed E-state index contributed by atoms with van der Waals surface area (Å²) in [6.45, 7) is 8.01. The van der Waals surface area contributed by atoms with Crippen molar-refractivity contribution in [3.63, 3.8) is 0 Å². The van der Waals surface area contributed by atoms with E-state index in [0.29, 0.717) is 6.42 Å². The fourth-order valence-electron chi connectivity index (χ4n) is 1.14. The first kappa shape index (κ1) is 13.7. The van der Waals surface area contributed by atoms with Crippen LogP contribution in [0.4, 0.5) is 0 Å². The number of nitrogens with one attached hydrogen (secondary N) is 1. The van der Waals surface area contributed by atoms with Crippen LogP contribution in [0.2, 0.25) is 0 Å². The van der Waals surface area contributed by atoms with E-state index in [-0.39, 0.29) is 17.9 Å². The molecule has 0 radical (unpaired) electrons. The SMILES string of the molecule is CC(Cl)C(=O)NCC(O)CC(C)(C)C. The Morgan fingerprint density at radius 1 is 1.50 bits per heavy atom. The average Bonchev–Trinajstić information content (AvgIpc) is 1.96. The largest absolute Gasteiger partial charge is 0.391 e. The van der Waals surface area contributed by atoms with Gasteiger partial charge in [0.15, 0.2) is 0 Å². The first-order valence-corrected chi connectivity index (χ1v) is 5.26. The highest BCUT2D eigenvalue weighted by molar-refractivity contribution is 6.30. The first-order chi connectivity index (χ1) is 6.22. The third kappa shape index (κ3) is 7.15. The van der Waals surface area contributed by atoms with E-state index in [1.807, 2.05) is 20.8 Å². The summed E-state index contributed by atoms with van der Waals surface area (Å²) in [7, 11) is 0. The summed E-state index contributed by atoms with van der Waals surface area (Å²) in [4.78, 5) is 11.1. The zero-order valence-corrected chi connectivity index (χ0v) is 10.1. The number of alkyl halides is 1. The summed E-state index contributed by atoms with van der Waals surface area (Å²) in [6, 6.07) is 0. The minimum Gasteiger partial charge on any atom is -0.391 e. The Bertz CT molecular complexity index is 187. The maximum absolute atomic E-state index is 11.1. The number of hydrogen-bond donors (Lipinski definition) is 2. The van der Waals surface area contributed by atoms with E-state index >= 15 is 0 Å². The molecule has 0 saturated carbocycles. The van der Waals surface area contributed by atoms with Crippen LogP contribution in [0.15, 0.2) is 0 Å².